The van der Waals surface area contributed by atoms with E-state index in [2.05, 4.69) is 45.4 Å². The molecular weight excluding hydrogens is 823 g/mol. The van der Waals surface area contributed by atoms with Crippen molar-refractivity contribution in [3.63, 3.8) is 0 Å². The summed E-state index contributed by atoms with van der Waals surface area (Å²) in [5.74, 6) is 3.52. The Kier molecular flexibility index (Phi) is 78.0. The normalized spacial score (nSPS) is 8.15. The quantitative estimate of drug-likeness (QED) is 0.0976. The van der Waals surface area contributed by atoms with Crippen molar-refractivity contribution >= 4 is 17.5 Å². The van der Waals surface area contributed by atoms with Crippen LogP contribution in [0.5, 0.6) is 0 Å². The van der Waals surface area contributed by atoms with Gasteiger partial charge in [0.15, 0.2) is 23.3 Å². The van der Waals surface area contributed by atoms with E-state index < -0.39 is 0 Å². The van der Waals surface area contributed by atoms with Crippen molar-refractivity contribution in [2.24, 2.45) is 16.5 Å². The monoisotopic (exact) mass is 924 g/mol. The topological polar surface area (TPSA) is 209 Å². The van der Waals surface area contributed by atoms with Crippen LogP contribution < -0.4 is 11.5 Å². The fraction of sp³-hybridized carbons (Fsp3) is 0.431. The molecule has 0 aliphatic carbocycles. The summed E-state index contributed by atoms with van der Waals surface area (Å²) in [4.78, 5) is 16.3. The summed E-state index contributed by atoms with van der Waals surface area (Å²) < 4.78 is 18.9. The van der Waals surface area contributed by atoms with E-state index in [9.17, 15) is 0 Å². The highest BCUT2D eigenvalue weighted by Gasteiger charge is 2.02. The van der Waals surface area contributed by atoms with Crippen molar-refractivity contribution in [1.82, 2.24) is 54.5 Å². The first-order valence-electron chi connectivity index (χ1n) is 23.6. The number of nitrogens with one attached hydrogen (secondary N) is 2. The molecule has 0 fully saturated rings. The van der Waals surface area contributed by atoms with Crippen LogP contribution in [-0.4, -0.2) is 66.2 Å². The zero-order chi connectivity index (χ0) is 52.6. The molecule has 0 amide bonds. The first kappa shape index (κ1) is 73.6. The number of rotatable bonds is 4. The second-order valence-electron chi connectivity index (χ2n) is 8.66. The molecule has 0 aliphatic heterocycles. The van der Waals surface area contributed by atoms with Crippen molar-refractivity contribution in [2.45, 2.75) is 153 Å². The van der Waals surface area contributed by atoms with Crippen molar-refractivity contribution in [1.29, 1.82) is 5.41 Å². The third-order valence-corrected chi connectivity index (χ3v) is 4.82. The number of nitrogens with two attached hydrogens (primary N) is 2. The van der Waals surface area contributed by atoms with Crippen molar-refractivity contribution in [2.75, 3.05) is 0 Å². The van der Waals surface area contributed by atoms with E-state index in [1.165, 1.54) is 19.1 Å². The summed E-state index contributed by atoms with van der Waals surface area (Å²) in [5, 5.41) is 24.8. The van der Waals surface area contributed by atoms with Crippen molar-refractivity contribution < 1.29 is 2.74 Å². The Balaban J connectivity index is -0.0000000880. The molecule has 15 heteroatoms. The molecule has 0 atom stereocenters. The van der Waals surface area contributed by atoms with Gasteiger partial charge in [-0.25, -0.2) is 29.0 Å². The SMILES string of the molecule is C.C.CC.CC.CC.CC.CC.CC.CC.CC.CC.CC(=N)N.CC(N)=Nc1cccc(-n2cccn2)n1.[3H]c1cccc([3H])n1.c1cc(-n2cccn2)nc(-n2cccn2)c1.c1cn[nH]c1. The molecule has 7 aromatic rings. The Morgan fingerprint density at radius 1 is 0.515 bits per heavy atom. The van der Waals surface area contributed by atoms with Gasteiger partial charge in [0.2, 0.25) is 0 Å². The summed E-state index contributed by atoms with van der Waals surface area (Å²) in [6.45, 7) is 39.3. The van der Waals surface area contributed by atoms with Gasteiger partial charge in [0, 0.05) is 61.9 Å². The number of pyridine rings is 3. The summed E-state index contributed by atoms with van der Waals surface area (Å²) >= 11 is 0. The minimum absolute atomic E-state index is 0. The lowest BCUT2D eigenvalue weighted by atomic mass is 10.4. The van der Waals surface area contributed by atoms with Crippen LogP contribution in [0.4, 0.5) is 5.82 Å². The highest BCUT2D eigenvalue weighted by molar-refractivity contribution is 5.80. The van der Waals surface area contributed by atoms with Gasteiger partial charge in [0.25, 0.3) is 0 Å². The highest BCUT2D eigenvalue weighted by atomic mass is 15.3. The average Bonchev–Trinajstić information content (AvgIpc) is 4.25. The Morgan fingerprint density at radius 3 is 1.11 bits per heavy atom. The maximum absolute atomic E-state index is 6.90. The maximum atomic E-state index is 6.90. The third-order valence-electron chi connectivity index (χ3n) is 4.82. The molecule has 0 saturated heterocycles. The minimum atomic E-state index is 0. The van der Waals surface area contributed by atoms with Crippen LogP contribution in [0.2, 0.25) is 0 Å². The molecule has 66 heavy (non-hydrogen) atoms. The number of H-pyrrole nitrogens is 1. The molecule has 15 nitrogen and oxygen atoms in total. The molecule has 6 N–H and O–H groups in total. The van der Waals surface area contributed by atoms with E-state index in [1.54, 1.807) is 64.1 Å². The summed E-state index contributed by atoms with van der Waals surface area (Å²) in [6, 6.07) is 23.4. The molecule has 0 saturated carbocycles. The van der Waals surface area contributed by atoms with E-state index in [-0.39, 0.29) is 33.0 Å². The van der Waals surface area contributed by atoms with Crippen molar-refractivity contribution in [3.05, 3.63) is 141 Å². The molecule has 0 aromatic carbocycles. The second-order valence-corrected chi connectivity index (χ2v) is 8.66. The first-order chi connectivity index (χ1) is 32.2. The Morgan fingerprint density at radius 2 is 0.864 bits per heavy atom. The molecule has 7 heterocycles. The van der Waals surface area contributed by atoms with Gasteiger partial charge in [-0.3, -0.25) is 15.5 Å². The number of aliphatic imine (C=N–C) groups is 1. The number of nitrogens with zero attached hydrogens (tertiary/aromatic N) is 11. The van der Waals surface area contributed by atoms with Gasteiger partial charge in [-0.2, -0.15) is 20.4 Å². The van der Waals surface area contributed by atoms with Crippen LogP contribution in [0.15, 0.2) is 146 Å². The molecule has 0 spiro atoms. The number of aromatic amines is 1. The molecule has 7 aromatic heterocycles. The second kappa shape index (κ2) is 69.9. The lowest BCUT2D eigenvalue weighted by molar-refractivity contribution is 0.803. The van der Waals surface area contributed by atoms with Crippen LogP contribution >= 0.6 is 0 Å². The zero-order valence-corrected chi connectivity index (χ0v) is 43.2. The maximum Gasteiger partial charge on any atom is 0.156 e. The van der Waals surface area contributed by atoms with Gasteiger partial charge in [-0.05, 0) is 74.5 Å². The van der Waals surface area contributed by atoms with Crippen LogP contribution in [0.1, 0.15) is 156 Å². The predicted octanol–water partition coefficient (Wildman–Crippen LogP) is 14.7. The fourth-order valence-electron chi connectivity index (χ4n) is 3.12. The molecule has 7 rings (SSSR count). The van der Waals surface area contributed by atoms with Gasteiger partial charge in [0.1, 0.15) is 0 Å². The third kappa shape index (κ3) is 48.3. The van der Waals surface area contributed by atoms with E-state index in [1.807, 2.05) is 198 Å². The van der Waals surface area contributed by atoms with E-state index in [0.717, 1.165) is 17.5 Å². The number of aromatic nitrogens is 11. The zero-order valence-electron chi connectivity index (χ0n) is 45.2. The molecule has 0 unspecified atom stereocenters. The summed E-state index contributed by atoms with van der Waals surface area (Å²) in [6.07, 6.45) is 14.4. The largest absolute Gasteiger partial charge is 0.388 e. The smallest absolute Gasteiger partial charge is 0.156 e. The summed E-state index contributed by atoms with van der Waals surface area (Å²) in [5.41, 5.74) is 10.2. The Labute approximate surface area is 407 Å². The Hall–Kier alpha value is -6.77. The molecule has 0 bridgehead atoms. The van der Waals surface area contributed by atoms with Gasteiger partial charge in [-0.1, -0.05) is 158 Å². The van der Waals surface area contributed by atoms with E-state index in [4.69, 9.17) is 19.6 Å². The van der Waals surface area contributed by atoms with Gasteiger partial charge < -0.3 is 11.5 Å². The molecule has 0 aliphatic rings. The fourth-order valence-corrected chi connectivity index (χ4v) is 3.12. The van der Waals surface area contributed by atoms with Crippen LogP contribution in [0, 0.1) is 5.41 Å². The molecule has 376 valence electrons. The standard InChI is InChI=1S/C11H9N5.C10H11N5.C5H5N.C3H4N2.C2H6N2.9C2H6.2CH4/c1-4-10(15-8-2-6-12-15)14-11(5-1)16-9-3-7-13-16;1-8(11)13-9-4-2-5-10(14-9)15-7-3-6-12-15;1-2-4-6-5-3-1;1-2-4-5-3-1;1-2(3)4;9*1-2;;/h1-9H;2-7H,1H3,(H2,11,13,14);1-5H;1-3H,(H,4,5);1H3,(H3,3,4);9*1-2H3;2*1H4/i;;4T,5T;;;;;;;;;;;;;. The van der Waals surface area contributed by atoms with Crippen molar-refractivity contribution in [3.8, 4) is 17.5 Å². The van der Waals surface area contributed by atoms with Crippen LogP contribution in [-0.2, 0) is 0 Å². The molecular formula is C51H97N15. The van der Waals surface area contributed by atoms with Gasteiger partial charge in [0.05, 0.1) is 14.4 Å². The number of hydrogen-bond acceptors (Lipinski definition) is 9. The van der Waals surface area contributed by atoms with E-state index >= 15 is 0 Å². The number of amidine groups is 2. The Bertz CT molecular complexity index is 1820. The lowest BCUT2D eigenvalue weighted by Crippen LogP contribution is -2.04. The van der Waals surface area contributed by atoms with E-state index in [0.29, 0.717) is 11.7 Å². The first-order valence-corrected chi connectivity index (χ1v) is 22.6. The predicted molar refractivity (Wildman–Crippen MR) is 293 cm³/mol. The lowest BCUT2D eigenvalue weighted by Gasteiger charge is -2.03. The number of hydrogen-bond donors (Lipinski definition) is 4. The minimum Gasteiger partial charge on any atom is -0.388 e. The van der Waals surface area contributed by atoms with Gasteiger partial charge >= 0.3 is 0 Å². The summed E-state index contributed by atoms with van der Waals surface area (Å²) in [7, 11) is 0. The van der Waals surface area contributed by atoms with Crippen LogP contribution in [0.3, 0.4) is 0 Å². The average molecular weight is 924 g/mol. The molecule has 0 radical (unpaired) electrons. The van der Waals surface area contributed by atoms with Gasteiger partial charge in [-0.15, -0.1) is 0 Å². The highest BCUT2D eigenvalue weighted by Crippen LogP contribution is 2.11. The van der Waals surface area contributed by atoms with Crippen LogP contribution in [0.25, 0.3) is 17.5 Å².